The molecule has 136 valence electrons. The number of nitrogens with zero attached hydrogens (tertiary/aromatic N) is 2. The normalized spacial score (nSPS) is 11.0. The Morgan fingerprint density at radius 2 is 1.00 bits per heavy atom. The second-order valence-corrected chi connectivity index (χ2v) is 6.13. The molecule has 3 N–H and O–H groups in total. The van der Waals surface area contributed by atoms with E-state index in [1.54, 1.807) is 0 Å². The molecule has 4 nitrogen and oxygen atoms in total. The lowest BCUT2D eigenvalue weighted by Crippen LogP contribution is -2.29. The van der Waals surface area contributed by atoms with Crippen molar-refractivity contribution in [2.75, 3.05) is 36.0 Å². The van der Waals surface area contributed by atoms with E-state index in [-0.39, 0.29) is 6.04 Å². The number of hydrogen-bond acceptors (Lipinski definition) is 4. The van der Waals surface area contributed by atoms with Crippen LogP contribution in [0.15, 0.2) is 48.5 Å². The van der Waals surface area contributed by atoms with E-state index in [0.717, 1.165) is 26.2 Å². The summed E-state index contributed by atoms with van der Waals surface area (Å²) in [4.78, 5) is 4.68. The Kier molecular flexibility index (Phi) is 7.29. The summed E-state index contributed by atoms with van der Waals surface area (Å²) in [6.07, 6.45) is 0. The molecule has 0 spiro atoms. The standard InChI is InChI=1S/C21H32N4/c1-5-24(6-2)19-13-9-17(10-14-19)21(23-22)18-11-15-20(16-12-18)25(7-3)8-4/h9-16,21,23H,5-8,22H2,1-4H3. The van der Waals surface area contributed by atoms with Gasteiger partial charge in [-0.15, -0.1) is 0 Å². The van der Waals surface area contributed by atoms with Gasteiger partial charge in [-0.2, -0.15) is 0 Å². The number of hydrogen-bond donors (Lipinski definition) is 2. The Balaban J connectivity index is 2.21. The van der Waals surface area contributed by atoms with Crippen LogP contribution < -0.4 is 21.1 Å². The van der Waals surface area contributed by atoms with Gasteiger partial charge in [0.2, 0.25) is 0 Å². The van der Waals surface area contributed by atoms with E-state index in [1.807, 2.05) is 0 Å². The number of nitrogens with two attached hydrogens (primary N) is 1. The summed E-state index contributed by atoms with van der Waals surface area (Å²) in [5.74, 6) is 5.87. The van der Waals surface area contributed by atoms with Crippen LogP contribution in [0.4, 0.5) is 11.4 Å². The summed E-state index contributed by atoms with van der Waals surface area (Å²) >= 11 is 0. The Morgan fingerprint density at radius 3 is 1.24 bits per heavy atom. The molecule has 0 aromatic heterocycles. The third-order valence-electron chi connectivity index (χ3n) is 4.88. The van der Waals surface area contributed by atoms with Crippen LogP contribution in [0.3, 0.4) is 0 Å². The van der Waals surface area contributed by atoms with Gasteiger partial charge in [0.05, 0.1) is 6.04 Å². The van der Waals surface area contributed by atoms with Crippen molar-refractivity contribution in [1.82, 2.24) is 5.43 Å². The Bertz CT molecular complexity index is 558. The van der Waals surface area contributed by atoms with Gasteiger partial charge >= 0.3 is 0 Å². The molecule has 0 radical (unpaired) electrons. The molecule has 0 saturated heterocycles. The molecule has 2 aromatic carbocycles. The summed E-state index contributed by atoms with van der Waals surface area (Å²) in [7, 11) is 0. The highest BCUT2D eigenvalue weighted by Crippen LogP contribution is 2.26. The first-order chi connectivity index (χ1) is 12.2. The number of benzene rings is 2. The molecular formula is C21H32N4. The van der Waals surface area contributed by atoms with E-state index >= 15 is 0 Å². The molecule has 0 atom stereocenters. The van der Waals surface area contributed by atoms with Crippen molar-refractivity contribution in [3.8, 4) is 0 Å². The SMILES string of the molecule is CCN(CC)c1ccc(C(NN)c2ccc(N(CC)CC)cc2)cc1. The smallest absolute Gasteiger partial charge is 0.0710 e. The van der Waals surface area contributed by atoms with Crippen LogP contribution in [-0.2, 0) is 0 Å². The van der Waals surface area contributed by atoms with E-state index < -0.39 is 0 Å². The van der Waals surface area contributed by atoms with E-state index in [1.165, 1.54) is 22.5 Å². The van der Waals surface area contributed by atoms with Crippen LogP contribution in [0.25, 0.3) is 0 Å². The molecule has 0 aliphatic carbocycles. The first-order valence-corrected chi connectivity index (χ1v) is 9.34. The average molecular weight is 341 g/mol. The molecule has 0 bridgehead atoms. The molecule has 2 rings (SSSR count). The van der Waals surface area contributed by atoms with Gasteiger partial charge in [-0.25, -0.2) is 5.43 Å². The van der Waals surface area contributed by atoms with Gasteiger partial charge < -0.3 is 9.80 Å². The van der Waals surface area contributed by atoms with Crippen LogP contribution >= 0.6 is 0 Å². The van der Waals surface area contributed by atoms with Gasteiger partial charge in [-0.05, 0) is 63.1 Å². The van der Waals surface area contributed by atoms with Gasteiger partial charge in [0.25, 0.3) is 0 Å². The molecule has 2 aromatic rings. The van der Waals surface area contributed by atoms with Crippen LogP contribution in [0, 0.1) is 0 Å². The highest BCUT2D eigenvalue weighted by Gasteiger charge is 2.13. The third kappa shape index (κ3) is 4.53. The molecular weight excluding hydrogens is 308 g/mol. The molecule has 4 heteroatoms. The minimum Gasteiger partial charge on any atom is -0.372 e. The topological polar surface area (TPSA) is 44.5 Å². The highest BCUT2D eigenvalue weighted by atomic mass is 15.2. The summed E-state index contributed by atoms with van der Waals surface area (Å²) < 4.78 is 0. The number of nitrogens with one attached hydrogen (secondary N) is 1. The van der Waals surface area contributed by atoms with Crippen molar-refractivity contribution in [3.63, 3.8) is 0 Å². The van der Waals surface area contributed by atoms with Gasteiger partial charge in [-0.1, -0.05) is 24.3 Å². The second-order valence-electron chi connectivity index (χ2n) is 6.13. The lowest BCUT2D eigenvalue weighted by Gasteiger charge is -2.24. The Morgan fingerprint density at radius 1 is 0.680 bits per heavy atom. The summed E-state index contributed by atoms with van der Waals surface area (Å²) in [6.45, 7) is 12.8. The first-order valence-electron chi connectivity index (χ1n) is 9.34. The molecule has 0 heterocycles. The van der Waals surface area contributed by atoms with Crippen LogP contribution in [0.5, 0.6) is 0 Å². The lowest BCUT2D eigenvalue weighted by molar-refractivity contribution is 0.636. The fraction of sp³-hybridized carbons (Fsp3) is 0.429. The maximum absolute atomic E-state index is 5.87. The predicted molar refractivity (Wildman–Crippen MR) is 109 cm³/mol. The number of rotatable bonds is 9. The van der Waals surface area contributed by atoms with Crippen molar-refractivity contribution in [1.29, 1.82) is 0 Å². The van der Waals surface area contributed by atoms with Crippen molar-refractivity contribution in [2.45, 2.75) is 33.7 Å². The van der Waals surface area contributed by atoms with E-state index in [2.05, 4.69) is 91.5 Å². The molecule has 25 heavy (non-hydrogen) atoms. The van der Waals surface area contributed by atoms with Gasteiger partial charge in [0.1, 0.15) is 0 Å². The summed E-state index contributed by atoms with van der Waals surface area (Å²) in [6, 6.07) is 17.4. The maximum atomic E-state index is 5.87. The van der Waals surface area contributed by atoms with Gasteiger partial charge in [-0.3, -0.25) is 5.84 Å². The summed E-state index contributed by atoms with van der Waals surface area (Å²) in [5, 5.41) is 0. The second kappa shape index (κ2) is 9.44. The zero-order valence-corrected chi connectivity index (χ0v) is 16.0. The fourth-order valence-electron chi connectivity index (χ4n) is 3.32. The maximum Gasteiger partial charge on any atom is 0.0710 e. The quantitative estimate of drug-likeness (QED) is 0.536. The van der Waals surface area contributed by atoms with E-state index in [9.17, 15) is 0 Å². The lowest BCUT2D eigenvalue weighted by atomic mass is 9.98. The average Bonchev–Trinajstić information content (AvgIpc) is 2.67. The molecule has 0 fully saturated rings. The van der Waals surface area contributed by atoms with Crippen molar-refractivity contribution < 1.29 is 0 Å². The fourth-order valence-corrected chi connectivity index (χ4v) is 3.32. The van der Waals surface area contributed by atoms with Gasteiger partial charge in [0, 0.05) is 37.6 Å². The van der Waals surface area contributed by atoms with E-state index in [0.29, 0.717) is 0 Å². The molecule has 0 unspecified atom stereocenters. The minimum absolute atomic E-state index is 0.00324. The number of hydrazine groups is 1. The predicted octanol–water partition coefficient (Wildman–Crippen LogP) is 3.93. The van der Waals surface area contributed by atoms with E-state index in [4.69, 9.17) is 5.84 Å². The zero-order chi connectivity index (χ0) is 18.2. The molecule has 0 saturated carbocycles. The monoisotopic (exact) mass is 340 g/mol. The summed E-state index contributed by atoms with van der Waals surface area (Å²) in [5.41, 5.74) is 7.81. The molecule has 0 aliphatic rings. The van der Waals surface area contributed by atoms with Crippen LogP contribution in [0.1, 0.15) is 44.9 Å². The van der Waals surface area contributed by atoms with Crippen molar-refractivity contribution >= 4 is 11.4 Å². The van der Waals surface area contributed by atoms with Crippen molar-refractivity contribution in [3.05, 3.63) is 59.7 Å². The van der Waals surface area contributed by atoms with Gasteiger partial charge in [0.15, 0.2) is 0 Å². The van der Waals surface area contributed by atoms with Crippen LogP contribution in [-0.4, -0.2) is 26.2 Å². The Labute approximate surface area is 152 Å². The third-order valence-corrected chi connectivity index (χ3v) is 4.88. The van der Waals surface area contributed by atoms with Crippen molar-refractivity contribution in [2.24, 2.45) is 5.84 Å². The molecule has 0 aliphatic heterocycles. The highest BCUT2D eigenvalue weighted by molar-refractivity contribution is 5.51. The first kappa shape index (κ1) is 19.3. The number of anilines is 2. The molecule has 0 amide bonds. The minimum atomic E-state index is -0.00324. The largest absolute Gasteiger partial charge is 0.372 e. The van der Waals surface area contributed by atoms with Crippen LogP contribution in [0.2, 0.25) is 0 Å². The zero-order valence-electron chi connectivity index (χ0n) is 16.0. The Hall–Kier alpha value is -2.04.